The van der Waals surface area contributed by atoms with Crippen LogP contribution in [0.2, 0.25) is 5.15 Å². The summed E-state index contributed by atoms with van der Waals surface area (Å²) in [4.78, 5) is 24.9. The zero-order valence-corrected chi connectivity index (χ0v) is 16.9. The van der Waals surface area contributed by atoms with E-state index in [9.17, 15) is 4.79 Å². The predicted molar refractivity (Wildman–Crippen MR) is 111 cm³/mol. The van der Waals surface area contributed by atoms with Gasteiger partial charge in [-0.2, -0.15) is 0 Å². The number of hydrogen-bond acceptors (Lipinski definition) is 4. The van der Waals surface area contributed by atoms with Gasteiger partial charge in [0.05, 0.1) is 23.6 Å². The van der Waals surface area contributed by atoms with Crippen LogP contribution in [0.25, 0.3) is 5.82 Å². The summed E-state index contributed by atoms with van der Waals surface area (Å²) in [5.74, 6) is 0.906. The average Bonchev–Trinajstić information content (AvgIpc) is 3.48. The molecule has 0 aliphatic carbocycles. The van der Waals surface area contributed by atoms with Gasteiger partial charge in [0.1, 0.15) is 10.7 Å². The number of ether oxygens (including phenoxy) is 1. The largest absolute Gasteiger partial charge is 0.383 e. The number of aromatic amines is 1. The van der Waals surface area contributed by atoms with E-state index in [0.717, 1.165) is 30.2 Å². The topological polar surface area (TPSA) is 66.4 Å². The minimum Gasteiger partial charge on any atom is -0.383 e. The molecular weight excluding hydrogens is 390 g/mol. The molecule has 3 aromatic heterocycles. The number of pyridine rings is 1. The Morgan fingerprint density at radius 3 is 3.07 bits per heavy atom. The second kappa shape index (κ2) is 6.93. The van der Waals surface area contributed by atoms with Gasteiger partial charge in [0.25, 0.3) is 5.91 Å². The van der Waals surface area contributed by atoms with E-state index in [1.54, 1.807) is 19.4 Å². The Kier molecular flexibility index (Phi) is 4.37. The lowest BCUT2D eigenvalue weighted by atomic mass is 9.89. The highest BCUT2D eigenvalue weighted by atomic mass is 35.5. The van der Waals surface area contributed by atoms with Gasteiger partial charge in [0.15, 0.2) is 5.82 Å². The summed E-state index contributed by atoms with van der Waals surface area (Å²) in [6, 6.07) is 9.92. The van der Waals surface area contributed by atoms with Crippen molar-refractivity contribution in [2.24, 2.45) is 0 Å². The second-order valence-electron chi connectivity index (χ2n) is 7.50. The highest BCUT2D eigenvalue weighted by Crippen LogP contribution is 2.47. The number of likely N-dealkylation sites (tertiary alicyclic amines) is 1. The van der Waals surface area contributed by atoms with Crippen molar-refractivity contribution in [3.05, 3.63) is 65.3 Å². The third-order valence-electron chi connectivity index (χ3n) is 5.98. The number of carbonyl (C=O) groups is 1. The number of methoxy groups -OCH3 is 1. The van der Waals surface area contributed by atoms with Crippen LogP contribution in [0.5, 0.6) is 0 Å². The number of nitrogens with zero attached hydrogens (tertiary/aromatic N) is 4. The maximum atomic E-state index is 13.1. The number of rotatable bonds is 4. The van der Waals surface area contributed by atoms with E-state index in [-0.39, 0.29) is 11.4 Å². The smallest absolute Gasteiger partial charge is 0.255 e. The summed E-state index contributed by atoms with van der Waals surface area (Å²) < 4.78 is 7.56. The molecule has 8 heteroatoms. The predicted octanol–water partition coefficient (Wildman–Crippen LogP) is 3.06. The molecule has 0 aromatic carbocycles. The standard InChI is InChI=1S/C21H22ClN5O2/c1-29-11-10-27-16-4-2-7-23-19(16)26-8-3-5-17(26)21(27)6-9-25(14-21)20(28)15-12-18(22)24-13-15/h2-5,7-8,12-13,24H,6,9-11,14H2,1H3. The zero-order valence-electron chi connectivity index (χ0n) is 16.1. The first-order chi connectivity index (χ1) is 14.1. The summed E-state index contributed by atoms with van der Waals surface area (Å²) in [5, 5.41) is 0.468. The monoisotopic (exact) mass is 411 g/mol. The molecule has 1 unspecified atom stereocenters. The van der Waals surface area contributed by atoms with Crippen molar-refractivity contribution in [2.45, 2.75) is 12.0 Å². The van der Waals surface area contributed by atoms with Gasteiger partial charge < -0.3 is 24.1 Å². The van der Waals surface area contributed by atoms with Crippen LogP contribution >= 0.6 is 11.6 Å². The van der Waals surface area contributed by atoms with E-state index in [2.05, 4.69) is 31.6 Å². The number of fused-ring (bicyclic) bond motifs is 4. The van der Waals surface area contributed by atoms with Crippen molar-refractivity contribution in [3.63, 3.8) is 0 Å². The van der Waals surface area contributed by atoms with Crippen molar-refractivity contribution < 1.29 is 9.53 Å². The first-order valence-electron chi connectivity index (χ1n) is 9.67. The Bertz CT molecular complexity index is 1060. The number of hydrogen-bond donors (Lipinski definition) is 1. The molecule has 1 fully saturated rings. The fourth-order valence-corrected chi connectivity index (χ4v) is 4.86. The molecule has 2 aliphatic heterocycles. The van der Waals surface area contributed by atoms with Gasteiger partial charge >= 0.3 is 0 Å². The van der Waals surface area contributed by atoms with Crippen molar-refractivity contribution >= 4 is 23.2 Å². The van der Waals surface area contributed by atoms with Crippen LogP contribution < -0.4 is 4.90 Å². The molecule has 5 heterocycles. The van der Waals surface area contributed by atoms with E-state index in [4.69, 9.17) is 16.3 Å². The minimum absolute atomic E-state index is 0.00759. The molecule has 3 aromatic rings. The first-order valence-corrected chi connectivity index (χ1v) is 10.0. The van der Waals surface area contributed by atoms with Gasteiger partial charge in [-0.05, 0) is 36.8 Å². The molecule has 29 heavy (non-hydrogen) atoms. The molecule has 5 rings (SSSR count). The second-order valence-corrected chi connectivity index (χ2v) is 7.91. The van der Waals surface area contributed by atoms with Crippen LogP contribution in [-0.4, -0.2) is 58.7 Å². The quantitative estimate of drug-likeness (QED) is 0.716. The van der Waals surface area contributed by atoms with Gasteiger partial charge in [0, 0.05) is 45.3 Å². The molecule has 0 bridgehead atoms. The fraction of sp³-hybridized carbons (Fsp3) is 0.333. The van der Waals surface area contributed by atoms with Crippen LogP contribution in [0.1, 0.15) is 22.5 Å². The number of amides is 1. The first kappa shape index (κ1) is 18.3. The van der Waals surface area contributed by atoms with Crippen LogP contribution in [0, 0.1) is 0 Å². The van der Waals surface area contributed by atoms with Gasteiger partial charge in [-0.15, -0.1) is 0 Å². The van der Waals surface area contributed by atoms with Crippen molar-refractivity contribution in [2.75, 3.05) is 38.3 Å². The third kappa shape index (κ3) is 2.76. The van der Waals surface area contributed by atoms with Gasteiger partial charge in [0.2, 0.25) is 0 Å². The number of H-pyrrole nitrogens is 1. The number of nitrogens with one attached hydrogen (secondary N) is 1. The van der Waals surface area contributed by atoms with Crippen LogP contribution in [-0.2, 0) is 10.3 Å². The zero-order chi connectivity index (χ0) is 20.0. The molecule has 150 valence electrons. The molecule has 0 radical (unpaired) electrons. The normalized spacial score (nSPS) is 20.2. The lowest BCUT2D eigenvalue weighted by Gasteiger charge is -2.47. The number of halogens is 1. The Balaban J connectivity index is 1.56. The van der Waals surface area contributed by atoms with Gasteiger partial charge in [-0.1, -0.05) is 11.6 Å². The van der Waals surface area contributed by atoms with Crippen LogP contribution in [0.3, 0.4) is 0 Å². The summed E-state index contributed by atoms with van der Waals surface area (Å²) in [6.45, 7) is 2.58. The molecule has 1 amide bonds. The Morgan fingerprint density at radius 2 is 2.28 bits per heavy atom. The van der Waals surface area contributed by atoms with E-state index < -0.39 is 0 Å². The van der Waals surface area contributed by atoms with Crippen molar-refractivity contribution in [1.82, 2.24) is 19.4 Å². The SMILES string of the molecule is COCCN1c2cccnc2-n2cccc2C12CCN(C(=O)c1c[nH]c(Cl)c1)C2. The Labute approximate surface area is 173 Å². The molecule has 1 N–H and O–H groups in total. The van der Waals surface area contributed by atoms with E-state index in [0.29, 0.717) is 30.4 Å². The minimum atomic E-state index is -0.326. The maximum Gasteiger partial charge on any atom is 0.255 e. The van der Waals surface area contributed by atoms with Gasteiger partial charge in [-0.3, -0.25) is 4.79 Å². The van der Waals surface area contributed by atoms with E-state index >= 15 is 0 Å². The molecule has 7 nitrogen and oxygen atoms in total. The summed E-state index contributed by atoms with van der Waals surface area (Å²) in [6.07, 6.45) is 6.36. The third-order valence-corrected chi connectivity index (χ3v) is 6.19. The van der Waals surface area contributed by atoms with Crippen LogP contribution in [0.4, 0.5) is 5.69 Å². The number of carbonyl (C=O) groups excluding carboxylic acids is 1. The van der Waals surface area contributed by atoms with E-state index in [1.807, 2.05) is 29.4 Å². The maximum absolute atomic E-state index is 13.1. The lowest BCUT2D eigenvalue weighted by Crippen LogP contribution is -2.53. The molecule has 2 aliphatic rings. The van der Waals surface area contributed by atoms with Crippen molar-refractivity contribution in [1.29, 1.82) is 0 Å². The summed E-state index contributed by atoms with van der Waals surface area (Å²) >= 11 is 5.98. The van der Waals surface area contributed by atoms with Crippen molar-refractivity contribution in [3.8, 4) is 5.82 Å². The van der Waals surface area contributed by atoms with Crippen LogP contribution in [0.15, 0.2) is 48.9 Å². The van der Waals surface area contributed by atoms with Gasteiger partial charge in [-0.25, -0.2) is 4.98 Å². The molecule has 1 saturated heterocycles. The molecule has 1 atom stereocenters. The Hall–Kier alpha value is -2.77. The highest BCUT2D eigenvalue weighted by Gasteiger charge is 2.50. The fourth-order valence-electron chi connectivity index (χ4n) is 4.68. The Morgan fingerprint density at radius 1 is 1.38 bits per heavy atom. The summed E-state index contributed by atoms with van der Waals surface area (Å²) in [7, 11) is 1.71. The molecule has 0 saturated carbocycles. The average molecular weight is 412 g/mol. The summed E-state index contributed by atoms with van der Waals surface area (Å²) in [5.41, 5.74) is 2.48. The molecular formula is C21H22ClN5O2. The van der Waals surface area contributed by atoms with E-state index in [1.165, 1.54) is 0 Å². The lowest BCUT2D eigenvalue weighted by molar-refractivity contribution is 0.0781. The number of anilines is 1. The highest BCUT2D eigenvalue weighted by molar-refractivity contribution is 6.29. The number of aromatic nitrogens is 3. The molecule has 1 spiro atoms.